The lowest BCUT2D eigenvalue weighted by Crippen LogP contribution is -2.03. The highest BCUT2D eigenvalue weighted by atomic mass is 32.2. The number of nitrogens with zero attached hydrogens (tertiary/aromatic N) is 6. The zero-order valence-corrected chi connectivity index (χ0v) is 19.2. The number of furan rings is 1. The van der Waals surface area contributed by atoms with Crippen LogP contribution in [-0.4, -0.2) is 44.1 Å². The van der Waals surface area contributed by atoms with Gasteiger partial charge < -0.3 is 18.4 Å². The molecule has 5 aromatic rings. The predicted octanol–water partition coefficient (Wildman–Crippen LogP) is 4.34. The Morgan fingerprint density at radius 1 is 1.06 bits per heavy atom. The third kappa shape index (κ3) is 4.50. The van der Waals surface area contributed by atoms with E-state index in [-0.39, 0.29) is 0 Å². The second-order valence-corrected chi connectivity index (χ2v) is 8.02. The van der Waals surface area contributed by atoms with Crippen LogP contribution in [0.4, 0.5) is 0 Å². The molecule has 5 rings (SSSR count). The Hall–Kier alpha value is -4.12. The molecular formula is C23H20N6O4S. The molecule has 0 aliphatic carbocycles. The Kier molecular flexibility index (Phi) is 6.25. The molecule has 0 aliphatic rings. The minimum absolute atomic E-state index is 0.412. The highest BCUT2D eigenvalue weighted by Gasteiger charge is 2.19. The van der Waals surface area contributed by atoms with E-state index < -0.39 is 0 Å². The maximum Gasteiger partial charge on any atom is 0.237 e. The van der Waals surface area contributed by atoms with Gasteiger partial charge >= 0.3 is 0 Å². The smallest absolute Gasteiger partial charge is 0.237 e. The minimum atomic E-state index is 0.412. The highest BCUT2D eigenvalue weighted by Crippen LogP contribution is 2.32. The van der Waals surface area contributed by atoms with Gasteiger partial charge in [-0.2, -0.15) is 4.98 Å². The summed E-state index contributed by atoms with van der Waals surface area (Å²) in [5.74, 6) is 4.06. The molecule has 34 heavy (non-hydrogen) atoms. The topological polar surface area (TPSA) is 114 Å². The quantitative estimate of drug-likeness (QED) is 0.285. The van der Waals surface area contributed by atoms with Crippen LogP contribution in [0, 0.1) is 0 Å². The highest BCUT2D eigenvalue weighted by molar-refractivity contribution is 7.98. The molecule has 0 aliphatic heterocycles. The summed E-state index contributed by atoms with van der Waals surface area (Å²) in [6.45, 7) is 0.477. The van der Waals surface area contributed by atoms with E-state index in [0.29, 0.717) is 52.1 Å². The molecule has 0 saturated carbocycles. The second-order valence-electron chi connectivity index (χ2n) is 7.08. The summed E-state index contributed by atoms with van der Waals surface area (Å²) < 4.78 is 23.7. The first-order valence-electron chi connectivity index (χ1n) is 10.3. The van der Waals surface area contributed by atoms with Crippen molar-refractivity contribution in [3.63, 3.8) is 0 Å². The fraction of sp³-hybridized carbons (Fsp3) is 0.174. The van der Waals surface area contributed by atoms with Crippen LogP contribution in [0.3, 0.4) is 0 Å². The van der Waals surface area contributed by atoms with E-state index in [1.165, 1.54) is 11.8 Å². The standard InChI is InChI=1S/C23H20N6O4S/c1-30-16-7-8-18(19(11-16)31-2)21-25-20(33-28-21)14-34-23-27-26-22(15-5-3-9-24-12-15)29(23)13-17-6-4-10-32-17/h3-12H,13-14H2,1-2H3. The number of thioether (sulfide) groups is 1. The molecule has 0 amide bonds. The molecule has 0 bridgehead atoms. The fourth-order valence-electron chi connectivity index (χ4n) is 3.34. The van der Waals surface area contributed by atoms with Crippen LogP contribution in [0.5, 0.6) is 11.5 Å². The van der Waals surface area contributed by atoms with Crippen LogP contribution in [0.15, 0.2) is 75.2 Å². The summed E-state index contributed by atoms with van der Waals surface area (Å²) in [7, 11) is 3.18. The van der Waals surface area contributed by atoms with E-state index in [2.05, 4.69) is 25.3 Å². The van der Waals surface area contributed by atoms with E-state index in [9.17, 15) is 0 Å². The molecule has 0 saturated heterocycles. The maximum atomic E-state index is 5.54. The molecule has 0 atom stereocenters. The van der Waals surface area contributed by atoms with Gasteiger partial charge in [0.2, 0.25) is 11.7 Å². The van der Waals surface area contributed by atoms with Gasteiger partial charge in [-0.25, -0.2) is 0 Å². The van der Waals surface area contributed by atoms with Crippen molar-refractivity contribution in [3.05, 3.63) is 72.8 Å². The second kappa shape index (κ2) is 9.79. The molecule has 10 nitrogen and oxygen atoms in total. The molecule has 0 radical (unpaired) electrons. The number of hydrogen-bond donors (Lipinski definition) is 0. The van der Waals surface area contributed by atoms with Gasteiger partial charge in [-0.1, -0.05) is 16.9 Å². The lowest BCUT2D eigenvalue weighted by molar-refractivity contribution is 0.388. The number of benzene rings is 1. The van der Waals surface area contributed by atoms with Gasteiger partial charge in [-0.05, 0) is 36.4 Å². The normalized spacial score (nSPS) is 11.0. The molecule has 1 aromatic carbocycles. The molecular weight excluding hydrogens is 456 g/mol. The number of hydrogen-bond acceptors (Lipinski definition) is 10. The number of ether oxygens (including phenoxy) is 2. The molecule has 0 unspecified atom stereocenters. The lowest BCUT2D eigenvalue weighted by atomic mass is 10.2. The zero-order chi connectivity index (χ0) is 23.3. The third-order valence-electron chi connectivity index (χ3n) is 4.97. The first kappa shape index (κ1) is 21.7. The summed E-state index contributed by atoms with van der Waals surface area (Å²) in [5.41, 5.74) is 1.57. The summed E-state index contributed by atoms with van der Waals surface area (Å²) >= 11 is 1.44. The fourth-order valence-corrected chi connectivity index (χ4v) is 4.11. The number of aromatic nitrogens is 6. The van der Waals surface area contributed by atoms with Crippen LogP contribution in [0.25, 0.3) is 22.8 Å². The first-order chi connectivity index (χ1) is 16.7. The summed E-state index contributed by atoms with van der Waals surface area (Å²) in [6.07, 6.45) is 5.12. The van der Waals surface area contributed by atoms with E-state index in [0.717, 1.165) is 11.3 Å². The summed E-state index contributed by atoms with van der Waals surface area (Å²) in [5, 5.41) is 13.6. The van der Waals surface area contributed by atoms with Gasteiger partial charge in [0.25, 0.3) is 0 Å². The van der Waals surface area contributed by atoms with Crippen molar-refractivity contribution in [1.82, 2.24) is 29.9 Å². The van der Waals surface area contributed by atoms with Crippen molar-refractivity contribution in [2.24, 2.45) is 0 Å². The van der Waals surface area contributed by atoms with Crippen LogP contribution < -0.4 is 9.47 Å². The Balaban J connectivity index is 1.38. The zero-order valence-electron chi connectivity index (χ0n) is 18.4. The third-order valence-corrected chi connectivity index (χ3v) is 5.92. The molecule has 172 valence electrons. The Bertz CT molecular complexity index is 1370. The number of methoxy groups -OCH3 is 2. The molecule has 4 heterocycles. The van der Waals surface area contributed by atoms with E-state index >= 15 is 0 Å². The van der Waals surface area contributed by atoms with Crippen molar-refractivity contribution in [2.45, 2.75) is 17.5 Å². The molecule has 0 spiro atoms. The monoisotopic (exact) mass is 476 g/mol. The average Bonchev–Trinajstić information content (AvgIpc) is 3.65. The molecule has 4 aromatic heterocycles. The average molecular weight is 477 g/mol. The van der Waals surface area contributed by atoms with Gasteiger partial charge in [0.15, 0.2) is 11.0 Å². The molecule has 0 fully saturated rings. The van der Waals surface area contributed by atoms with Gasteiger partial charge in [-0.15, -0.1) is 10.2 Å². The van der Waals surface area contributed by atoms with Crippen molar-refractivity contribution in [1.29, 1.82) is 0 Å². The van der Waals surface area contributed by atoms with Crippen molar-refractivity contribution < 1.29 is 18.4 Å². The maximum absolute atomic E-state index is 5.54. The van der Waals surface area contributed by atoms with Crippen molar-refractivity contribution in [2.75, 3.05) is 14.2 Å². The SMILES string of the molecule is COc1ccc(-c2noc(CSc3nnc(-c4cccnc4)n3Cc3ccco3)n2)c(OC)c1. The van der Waals surface area contributed by atoms with Crippen molar-refractivity contribution >= 4 is 11.8 Å². The van der Waals surface area contributed by atoms with Crippen LogP contribution in [0.1, 0.15) is 11.7 Å². The molecule has 11 heteroatoms. The van der Waals surface area contributed by atoms with Crippen LogP contribution in [0.2, 0.25) is 0 Å². The number of rotatable bonds is 9. The Morgan fingerprint density at radius 3 is 2.76 bits per heavy atom. The number of pyridine rings is 1. The van der Waals surface area contributed by atoms with Gasteiger partial charge in [-0.3, -0.25) is 9.55 Å². The van der Waals surface area contributed by atoms with E-state index in [1.807, 2.05) is 41.0 Å². The van der Waals surface area contributed by atoms with Gasteiger partial charge in [0.1, 0.15) is 17.3 Å². The lowest BCUT2D eigenvalue weighted by Gasteiger charge is -2.08. The molecule has 0 N–H and O–H groups in total. The first-order valence-corrected chi connectivity index (χ1v) is 11.3. The summed E-state index contributed by atoms with van der Waals surface area (Å²) in [4.78, 5) is 8.72. The Morgan fingerprint density at radius 2 is 2.00 bits per heavy atom. The summed E-state index contributed by atoms with van der Waals surface area (Å²) in [6, 6.07) is 13.0. The minimum Gasteiger partial charge on any atom is -0.497 e. The van der Waals surface area contributed by atoms with E-state index in [4.69, 9.17) is 18.4 Å². The largest absolute Gasteiger partial charge is 0.497 e. The van der Waals surface area contributed by atoms with E-state index in [1.54, 1.807) is 38.9 Å². The van der Waals surface area contributed by atoms with Crippen molar-refractivity contribution in [3.8, 4) is 34.3 Å². The van der Waals surface area contributed by atoms with Crippen LogP contribution >= 0.6 is 11.8 Å². The van der Waals surface area contributed by atoms with Gasteiger partial charge in [0, 0.05) is 24.0 Å². The predicted molar refractivity (Wildman–Crippen MR) is 123 cm³/mol. The van der Waals surface area contributed by atoms with Gasteiger partial charge in [0.05, 0.1) is 38.3 Å². The Labute approximate surface area is 198 Å². The van der Waals surface area contributed by atoms with Crippen LogP contribution in [-0.2, 0) is 12.3 Å².